The van der Waals surface area contributed by atoms with Crippen LogP contribution in [-0.4, -0.2) is 57.0 Å². The lowest BCUT2D eigenvalue weighted by Crippen LogP contribution is -2.46. The van der Waals surface area contributed by atoms with Crippen LogP contribution in [0.15, 0.2) is 71.9 Å². The molecule has 3 aromatic rings. The summed E-state index contributed by atoms with van der Waals surface area (Å²) in [6.07, 6.45) is 2.96. The molecule has 9 nitrogen and oxygen atoms in total. The highest BCUT2D eigenvalue weighted by atomic mass is 32.2. The summed E-state index contributed by atoms with van der Waals surface area (Å²) >= 11 is 0. The zero-order valence-corrected chi connectivity index (χ0v) is 26.0. The third-order valence-electron chi connectivity index (χ3n) is 7.97. The van der Waals surface area contributed by atoms with E-state index in [-0.39, 0.29) is 29.1 Å². The van der Waals surface area contributed by atoms with Crippen molar-refractivity contribution in [2.75, 3.05) is 13.1 Å². The van der Waals surface area contributed by atoms with E-state index in [1.807, 2.05) is 36.4 Å². The third kappa shape index (κ3) is 7.53. The summed E-state index contributed by atoms with van der Waals surface area (Å²) in [7, 11) is -6.03. The molecule has 0 bridgehead atoms. The van der Waals surface area contributed by atoms with E-state index in [2.05, 4.69) is 38.8 Å². The molecule has 0 unspecified atom stereocenters. The van der Waals surface area contributed by atoms with Gasteiger partial charge in [-0.25, -0.2) is 18.4 Å². The molecule has 0 aliphatic carbocycles. The minimum Gasteiger partial charge on any atom is -0.488 e. The highest BCUT2D eigenvalue weighted by Crippen LogP contribution is 2.40. The molecule has 0 radical (unpaired) electrons. The van der Waals surface area contributed by atoms with Crippen molar-refractivity contribution in [3.05, 3.63) is 78.1 Å². The van der Waals surface area contributed by atoms with Crippen LogP contribution in [0, 0.1) is 0 Å². The van der Waals surface area contributed by atoms with Gasteiger partial charge in [0.25, 0.3) is 0 Å². The van der Waals surface area contributed by atoms with Crippen LogP contribution in [0.25, 0.3) is 11.1 Å². The number of primary sulfonamides is 1. The number of ether oxygens (including phenoxy) is 1. The van der Waals surface area contributed by atoms with Crippen LogP contribution in [0.5, 0.6) is 5.75 Å². The first-order valence-electron chi connectivity index (χ1n) is 13.6. The fourth-order valence-electron chi connectivity index (χ4n) is 4.59. The van der Waals surface area contributed by atoms with Crippen molar-refractivity contribution in [3.63, 3.8) is 0 Å². The van der Waals surface area contributed by atoms with Crippen LogP contribution < -0.4 is 9.88 Å². The van der Waals surface area contributed by atoms with Crippen LogP contribution in [0.1, 0.15) is 44.4 Å². The Morgan fingerprint density at radius 3 is 2.54 bits per heavy atom. The van der Waals surface area contributed by atoms with Crippen LogP contribution in [0.3, 0.4) is 0 Å². The van der Waals surface area contributed by atoms with Crippen molar-refractivity contribution < 1.29 is 27.5 Å². The normalized spacial score (nSPS) is 16.4. The zero-order chi connectivity index (χ0) is 30.0. The maximum atomic E-state index is 12.4. The topological polar surface area (TPSA) is 132 Å². The smallest absolute Gasteiger partial charge is 0.407 e. The van der Waals surface area contributed by atoms with E-state index in [0.717, 1.165) is 22.3 Å². The molecular formula is C30H39N3O6SSi. The highest BCUT2D eigenvalue weighted by Gasteiger charge is 2.40. The van der Waals surface area contributed by atoms with Gasteiger partial charge in [-0.05, 0) is 83.6 Å². The molecule has 1 aliphatic heterocycles. The Hall–Kier alpha value is -3.25. The molecule has 4 rings (SSSR count). The minimum absolute atomic E-state index is 0.0452. The van der Waals surface area contributed by atoms with Gasteiger partial charge in [-0.2, -0.15) is 0 Å². The molecule has 41 heavy (non-hydrogen) atoms. The predicted molar refractivity (Wildman–Crippen MR) is 161 cm³/mol. The molecule has 220 valence electrons. The van der Waals surface area contributed by atoms with Crippen LogP contribution >= 0.6 is 0 Å². The molecule has 2 atom stereocenters. The van der Waals surface area contributed by atoms with Gasteiger partial charge in [0.05, 0.1) is 24.1 Å². The maximum Gasteiger partial charge on any atom is 0.407 e. The molecule has 0 fully saturated rings. The van der Waals surface area contributed by atoms with Gasteiger partial charge < -0.3 is 19.2 Å². The van der Waals surface area contributed by atoms with E-state index in [1.54, 1.807) is 24.5 Å². The number of carbonyl (C=O) groups is 1. The summed E-state index contributed by atoms with van der Waals surface area (Å²) in [6, 6.07) is 16.0. The number of hydrogen-bond acceptors (Lipinski definition) is 6. The standard InChI is InChI=1S/C30H39N3O6SSi/c1-30(2,3)41(4,5)39-28(24-9-7-15-32-18-24)20-33(29(34)35)19-25-13-11-23-16-22(12-14-27(23)38-25)21-8-6-10-26(17-21)40(31,36)37/h6-10,12,14-18,25,28H,11,13,19-20H2,1-5H3,(H,34,35)(H2,31,36,37)/t25-,28-/m0/s1. The van der Waals surface area contributed by atoms with Gasteiger partial charge in [-0.3, -0.25) is 4.98 Å². The molecule has 11 heteroatoms. The Labute approximate surface area is 243 Å². The monoisotopic (exact) mass is 597 g/mol. The van der Waals surface area contributed by atoms with E-state index in [9.17, 15) is 18.3 Å². The number of hydrogen-bond donors (Lipinski definition) is 2. The fourth-order valence-corrected chi connectivity index (χ4v) is 6.43. The number of fused-ring (bicyclic) bond motifs is 1. The molecule has 2 heterocycles. The number of rotatable bonds is 9. The van der Waals surface area contributed by atoms with E-state index < -0.39 is 30.5 Å². The van der Waals surface area contributed by atoms with Gasteiger partial charge >= 0.3 is 6.09 Å². The number of aromatic nitrogens is 1. The first-order valence-corrected chi connectivity index (χ1v) is 18.1. The third-order valence-corrected chi connectivity index (χ3v) is 13.4. The number of carboxylic acid groups (broad SMARTS) is 1. The number of sulfonamides is 1. The average Bonchev–Trinajstić information content (AvgIpc) is 2.91. The summed E-state index contributed by atoms with van der Waals surface area (Å²) in [6.45, 7) is 11.1. The summed E-state index contributed by atoms with van der Waals surface area (Å²) in [5, 5.41) is 15.4. The average molecular weight is 598 g/mol. The van der Waals surface area contributed by atoms with E-state index >= 15 is 0 Å². The molecule has 0 saturated heterocycles. The number of benzene rings is 2. The first-order chi connectivity index (χ1) is 19.1. The van der Waals surface area contributed by atoms with Crippen molar-refractivity contribution in [1.29, 1.82) is 0 Å². The Morgan fingerprint density at radius 1 is 1.17 bits per heavy atom. The quantitative estimate of drug-likeness (QED) is 0.297. The largest absolute Gasteiger partial charge is 0.488 e. The molecule has 3 N–H and O–H groups in total. The van der Waals surface area contributed by atoms with Crippen LogP contribution in [-0.2, 0) is 20.9 Å². The molecular weight excluding hydrogens is 558 g/mol. The van der Waals surface area contributed by atoms with Crippen LogP contribution in [0.2, 0.25) is 18.1 Å². The molecule has 1 aromatic heterocycles. The minimum atomic E-state index is -3.81. The lowest BCUT2D eigenvalue weighted by molar-refractivity contribution is 0.0688. The van der Waals surface area contributed by atoms with Gasteiger partial charge in [-0.15, -0.1) is 0 Å². The Bertz CT molecular complexity index is 1490. The second kappa shape index (κ2) is 11.9. The lowest BCUT2D eigenvalue weighted by Gasteiger charge is -2.40. The molecule has 1 aliphatic rings. The summed E-state index contributed by atoms with van der Waals surface area (Å²) in [5.41, 5.74) is 3.42. The van der Waals surface area contributed by atoms with Crippen LogP contribution in [0.4, 0.5) is 4.79 Å². The second-order valence-electron chi connectivity index (χ2n) is 12.0. The first kappa shape index (κ1) is 30.7. The number of pyridine rings is 1. The SMILES string of the molecule is CC(C)(C)[Si](C)(C)O[C@@H](CN(C[C@@H]1CCc2cc(-c3cccc(S(N)(=O)=O)c3)ccc2O1)C(=O)O)c1cccnc1. The Balaban J connectivity index is 1.50. The maximum absolute atomic E-state index is 12.4. The van der Waals surface area contributed by atoms with Crippen molar-refractivity contribution in [1.82, 2.24) is 9.88 Å². The molecule has 1 amide bonds. The van der Waals surface area contributed by atoms with Gasteiger partial charge in [-0.1, -0.05) is 45.0 Å². The van der Waals surface area contributed by atoms with Crippen molar-refractivity contribution in [2.24, 2.45) is 5.14 Å². The van der Waals surface area contributed by atoms with E-state index in [1.165, 1.54) is 11.0 Å². The number of amides is 1. The van der Waals surface area contributed by atoms with Crippen molar-refractivity contribution in [2.45, 2.75) is 68.8 Å². The zero-order valence-electron chi connectivity index (χ0n) is 24.2. The number of nitrogens with two attached hydrogens (primary N) is 1. The number of aryl methyl sites for hydroxylation is 1. The number of nitrogens with zero attached hydrogens (tertiary/aromatic N) is 2. The summed E-state index contributed by atoms with van der Waals surface area (Å²) in [5.74, 6) is 0.694. The van der Waals surface area contributed by atoms with Crippen molar-refractivity contribution in [3.8, 4) is 16.9 Å². The van der Waals surface area contributed by atoms with Gasteiger partial charge in [0.2, 0.25) is 10.0 Å². The Kier molecular flexibility index (Phi) is 8.93. The van der Waals surface area contributed by atoms with Crippen molar-refractivity contribution >= 4 is 24.4 Å². The molecule has 0 saturated carbocycles. The van der Waals surface area contributed by atoms with Gasteiger partial charge in [0.1, 0.15) is 11.9 Å². The highest BCUT2D eigenvalue weighted by molar-refractivity contribution is 7.89. The summed E-state index contributed by atoms with van der Waals surface area (Å²) in [4.78, 5) is 18.1. The predicted octanol–water partition coefficient (Wildman–Crippen LogP) is 5.83. The van der Waals surface area contributed by atoms with Gasteiger partial charge in [0.15, 0.2) is 8.32 Å². The second-order valence-corrected chi connectivity index (χ2v) is 18.3. The van der Waals surface area contributed by atoms with Gasteiger partial charge in [0, 0.05) is 12.4 Å². The molecule has 0 spiro atoms. The molecule has 2 aromatic carbocycles. The van der Waals surface area contributed by atoms with E-state index in [0.29, 0.717) is 18.6 Å². The van der Waals surface area contributed by atoms with E-state index in [4.69, 9.17) is 14.3 Å². The lowest BCUT2D eigenvalue weighted by atomic mass is 9.97. The fraction of sp³-hybridized carbons (Fsp3) is 0.400. The summed E-state index contributed by atoms with van der Waals surface area (Å²) < 4.78 is 36.5. The Morgan fingerprint density at radius 2 is 1.90 bits per heavy atom.